The fraction of sp³-hybridized carbons (Fsp3) is 0.500. The van der Waals surface area contributed by atoms with Crippen molar-refractivity contribution in [3.63, 3.8) is 0 Å². The van der Waals surface area contributed by atoms with Crippen molar-refractivity contribution < 1.29 is 9.53 Å². The van der Waals surface area contributed by atoms with Crippen LogP contribution in [0.4, 0.5) is 0 Å². The van der Waals surface area contributed by atoms with Gasteiger partial charge in [0.05, 0.1) is 6.61 Å². The molecule has 1 atom stereocenters. The first-order valence-corrected chi connectivity index (χ1v) is 6.11. The minimum absolute atomic E-state index is 0.397. The van der Waals surface area contributed by atoms with Gasteiger partial charge in [0.25, 0.3) is 0 Å². The third kappa shape index (κ3) is 1.62. The van der Waals surface area contributed by atoms with Crippen LogP contribution in [0.3, 0.4) is 0 Å². The number of rotatable bonds is 1. The molecule has 2 nitrogen and oxygen atoms in total. The molecule has 0 N–H and O–H groups in total. The summed E-state index contributed by atoms with van der Waals surface area (Å²) in [6.07, 6.45) is 4.66. The highest BCUT2D eigenvalue weighted by atomic mass is 16.5. The number of carbonyl (C=O) groups is 1. The van der Waals surface area contributed by atoms with Crippen LogP contribution in [0.2, 0.25) is 0 Å². The molecule has 0 radical (unpaired) electrons. The maximum absolute atomic E-state index is 11.5. The predicted molar refractivity (Wildman–Crippen MR) is 61.9 cm³/mol. The van der Waals surface area contributed by atoms with Gasteiger partial charge < -0.3 is 4.74 Å². The van der Waals surface area contributed by atoms with Gasteiger partial charge in [-0.25, -0.2) is 0 Å². The van der Waals surface area contributed by atoms with Gasteiger partial charge in [-0.2, -0.15) is 0 Å². The van der Waals surface area contributed by atoms with E-state index in [1.165, 1.54) is 11.1 Å². The Morgan fingerprint density at radius 2 is 2.19 bits per heavy atom. The number of hydrogen-bond acceptors (Lipinski definition) is 2. The van der Waals surface area contributed by atoms with Crippen LogP contribution >= 0.6 is 0 Å². The first-order chi connectivity index (χ1) is 7.84. The number of carbonyl (C=O) groups excluding carboxylic acids is 1. The highest BCUT2D eigenvalue weighted by molar-refractivity contribution is 5.80. The second-order valence-electron chi connectivity index (χ2n) is 4.77. The van der Waals surface area contributed by atoms with Crippen LogP contribution in [-0.4, -0.2) is 12.4 Å². The first-order valence-electron chi connectivity index (χ1n) is 6.11. The fourth-order valence-corrected chi connectivity index (χ4v) is 2.85. The molecule has 3 rings (SSSR count). The molecule has 0 bridgehead atoms. The van der Waals surface area contributed by atoms with Crippen LogP contribution < -0.4 is 4.74 Å². The average molecular weight is 216 g/mol. The smallest absolute Gasteiger partial charge is 0.133 e. The summed E-state index contributed by atoms with van der Waals surface area (Å²) < 4.78 is 5.71. The number of hydrogen-bond donors (Lipinski definition) is 0. The number of benzene rings is 1. The number of Topliss-reactive ketones (excluding diaryl/α,β-unsaturated/α-hetero) is 1. The van der Waals surface area contributed by atoms with Crippen LogP contribution in [0, 0.1) is 0 Å². The van der Waals surface area contributed by atoms with Crippen molar-refractivity contribution in [2.75, 3.05) is 6.61 Å². The zero-order chi connectivity index (χ0) is 11.0. The Morgan fingerprint density at radius 1 is 1.25 bits per heavy atom. The molecule has 1 aromatic rings. The van der Waals surface area contributed by atoms with Gasteiger partial charge in [0.2, 0.25) is 0 Å². The van der Waals surface area contributed by atoms with Crippen molar-refractivity contribution in [1.82, 2.24) is 0 Å². The van der Waals surface area contributed by atoms with Crippen molar-refractivity contribution in [3.05, 3.63) is 29.3 Å². The number of para-hydroxylation sites is 1. The number of ether oxygens (including phenoxy) is 1. The van der Waals surface area contributed by atoms with Crippen LogP contribution in [0.15, 0.2) is 18.2 Å². The Balaban J connectivity index is 1.94. The third-order valence-corrected chi connectivity index (χ3v) is 3.67. The van der Waals surface area contributed by atoms with Gasteiger partial charge in [-0.3, -0.25) is 4.79 Å². The van der Waals surface area contributed by atoms with Crippen molar-refractivity contribution in [1.29, 1.82) is 0 Å². The van der Waals surface area contributed by atoms with Crippen molar-refractivity contribution in [3.8, 4) is 5.75 Å². The standard InChI is InChI=1S/C14H16O2/c15-12-5-1-4-11(9-12)13-6-2-3-10-7-8-16-14(10)13/h2-3,6,11H,1,4-5,7-9H2. The van der Waals surface area contributed by atoms with Gasteiger partial charge in [-0.1, -0.05) is 18.2 Å². The van der Waals surface area contributed by atoms with E-state index in [1.54, 1.807) is 0 Å². The van der Waals surface area contributed by atoms with Crippen LogP contribution in [-0.2, 0) is 11.2 Å². The Morgan fingerprint density at radius 3 is 3.06 bits per heavy atom. The van der Waals surface area contributed by atoms with Gasteiger partial charge in [0, 0.05) is 19.3 Å². The Kier molecular flexibility index (Phi) is 2.43. The van der Waals surface area contributed by atoms with E-state index in [-0.39, 0.29) is 0 Å². The van der Waals surface area contributed by atoms with E-state index < -0.39 is 0 Å². The van der Waals surface area contributed by atoms with Crippen molar-refractivity contribution >= 4 is 5.78 Å². The summed E-state index contributed by atoms with van der Waals surface area (Å²) in [7, 11) is 0. The van der Waals surface area contributed by atoms with E-state index in [1.807, 2.05) is 0 Å². The highest BCUT2D eigenvalue weighted by Crippen LogP contribution is 2.39. The molecular weight excluding hydrogens is 200 g/mol. The highest BCUT2D eigenvalue weighted by Gasteiger charge is 2.26. The summed E-state index contributed by atoms with van der Waals surface area (Å²) >= 11 is 0. The molecule has 0 amide bonds. The molecule has 1 aliphatic heterocycles. The van der Waals surface area contributed by atoms with E-state index in [9.17, 15) is 4.79 Å². The Bertz CT molecular complexity index is 423. The van der Waals surface area contributed by atoms with Gasteiger partial charge in [-0.05, 0) is 29.9 Å². The summed E-state index contributed by atoms with van der Waals surface area (Å²) in [6.45, 7) is 0.799. The zero-order valence-electron chi connectivity index (χ0n) is 9.37. The summed E-state index contributed by atoms with van der Waals surface area (Å²) in [5, 5.41) is 0. The maximum Gasteiger partial charge on any atom is 0.133 e. The largest absolute Gasteiger partial charge is 0.493 e. The second kappa shape index (κ2) is 3.93. The lowest BCUT2D eigenvalue weighted by Crippen LogP contribution is -2.14. The van der Waals surface area contributed by atoms with Gasteiger partial charge in [-0.15, -0.1) is 0 Å². The van der Waals surface area contributed by atoms with Crippen molar-refractivity contribution in [2.45, 2.75) is 38.0 Å². The third-order valence-electron chi connectivity index (χ3n) is 3.67. The molecule has 1 aliphatic carbocycles. The molecule has 0 saturated heterocycles. The van der Waals surface area contributed by atoms with Gasteiger partial charge in [0.15, 0.2) is 0 Å². The first kappa shape index (κ1) is 9.88. The van der Waals surface area contributed by atoms with Crippen LogP contribution in [0.25, 0.3) is 0 Å². The van der Waals surface area contributed by atoms with Crippen molar-refractivity contribution in [2.24, 2.45) is 0 Å². The Labute approximate surface area is 95.6 Å². The topological polar surface area (TPSA) is 26.3 Å². The van der Waals surface area contributed by atoms with E-state index in [4.69, 9.17) is 4.74 Å². The Hall–Kier alpha value is -1.31. The second-order valence-corrected chi connectivity index (χ2v) is 4.77. The van der Waals surface area contributed by atoms with E-state index >= 15 is 0 Å². The predicted octanol–water partition coefficient (Wildman–Crippen LogP) is 2.85. The van der Waals surface area contributed by atoms with Gasteiger partial charge >= 0.3 is 0 Å². The summed E-state index contributed by atoms with van der Waals surface area (Å²) in [5.41, 5.74) is 2.58. The summed E-state index contributed by atoms with van der Waals surface area (Å²) in [5.74, 6) is 1.88. The van der Waals surface area contributed by atoms with E-state index in [0.29, 0.717) is 18.1 Å². The summed E-state index contributed by atoms with van der Waals surface area (Å²) in [6, 6.07) is 6.37. The molecule has 0 spiro atoms. The van der Waals surface area contributed by atoms with E-state index in [2.05, 4.69) is 18.2 Å². The molecule has 1 heterocycles. The molecule has 1 saturated carbocycles. The SMILES string of the molecule is O=C1CCCC(c2cccc3c2OCC3)C1. The molecule has 1 aromatic carbocycles. The lowest BCUT2D eigenvalue weighted by atomic mass is 9.82. The molecule has 84 valence electrons. The number of fused-ring (bicyclic) bond motifs is 1. The molecule has 0 aromatic heterocycles. The quantitative estimate of drug-likeness (QED) is 0.721. The van der Waals surface area contributed by atoms with Crippen LogP contribution in [0.5, 0.6) is 5.75 Å². The normalized spacial score (nSPS) is 24.0. The zero-order valence-corrected chi connectivity index (χ0v) is 9.37. The molecule has 16 heavy (non-hydrogen) atoms. The fourth-order valence-electron chi connectivity index (χ4n) is 2.85. The number of ketones is 1. The molecule has 2 heteroatoms. The van der Waals surface area contributed by atoms with Crippen LogP contribution in [0.1, 0.15) is 42.7 Å². The average Bonchev–Trinajstić information content (AvgIpc) is 2.76. The van der Waals surface area contributed by atoms with Gasteiger partial charge in [0.1, 0.15) is 11.5 Å². The monoisotopic (exact) mass is 216 g/mol. The lowest BCUT2D eigenvalue weighted by Gasteiger charge is -2.22. The molecule has 1 fully saturated rings. The molecular formula is C14H16O2. The lowest BCUT2D eigenvalue weighted by molar-refractivity contribution is -0.120. The maximum atomic E-state index is 11.5. The summed E-state index contributed by atoms with van der Waals surface area (Å²) in [4.78, 5) is 11.5. The minimum Gasteiger partial charge on any atom is -0.493 e. The molecule has 2 aliphatic rings. The minimum atomic E-state index is 0.397. The molecule has 1 unspecified atom stereocenters. The van der Waals surface area contributed by atoms with E-state index in [0.717, 1.165) is 38.0 Å².